The number of nitrogens with zero attached hydrogens (tertiary/aromatic N) is 2. The van der Waals surface area contributed by atoms with Gasteiger partial charge < -0.3 is 20.1 Å². The zero-order chi connectivity index (χ0) is 13.6. The molecule has 0 spiro atoms. The molecule has 8 nitrogen and oxygen atoms in total. The van der Waals surface area contributed by atoms with Gasteiger partial charge in [-0.1, -0.05) is 12.2 Å². The number of fused-ring (bicyclic) bond motifs is 1. The number of aliphatic hydroxyl groups excluding tert-OH is 3. The summed E-state index contributed by atoms with van der Waals surface area (Å²) < 4.78 is 7.41. The van der Waals surface area contributed by atoms with Crippen LogP contribution in [0.2, 0.25) is 0 Å². The van der Waals surface area contributed by atoms with Crippen molar-refractivity contribution < 1.29 is 24.6 Å². The Balaban J connectivity index is 2.06. The normalized spacial score (nSPS) is 31.1. The Morgan fingerprint density at radius 2 is 2.16 bits per heavy atom. The number of H-pyrrole nitrogens is 2. The van der Waals surface area contributed by atoms with Gasteiger partial charge in [-0.05, 0) is 0 Å². The molecule has 9 heteroatoms. The fourth-order valence-corrected chi connectivity index (χ4v) is 2.44. The summed E-state index contributed by atoms with van der Waals surface area (Å²) in [5.74, 6) is 0. The highest BCUT2D eigenvalue weighted by molar-refractivity contribution is 7.71. The molecule has 5 N–H and O–H groups in total. The molecule has 1 aliphatic rings. The van der Waals surface area contributed by atoms with Crippen molar-refractivity contribution in [2.24, 2.45) is 0 Å². The third-order valence-electron chi connectivity index (χ3n) is 3.23. The Labute approximate surface area is 112 Å². The molecule has 3 heterocycles. The van der Waals surface area contributed by atoms with Gasteiger partial charge in [0.05, 0.1) is 6.61 Å². The van der Waals surface area contributed by atoms with Crippen molar-refractivity contribution in [3.05, 3.63) is 17.3 Å². The molecule has 19 heavy (non-hydrogen) atoms. The van der Waals surface area contributed by atoms with E-state index in [-0.39, 0.29) is 6.61 Å². The molecule has 4 atom stereocenters. The minimum atomic E-state index is -1.14. The molecule has 1 saturated heterocycles. The Morgan fingerprint density at radius 3 is 2.84 bits per heavy atom. The van der Waals surface area contributed by atoms with E-state index >= 15 is 0 Å². The van der Waals surface area contributed by atoms with Gasteiger partial charge in [-0.15, -0.1) is 0 Å². The lowest BCUT2D eigenvalue weighted by Crippen LogP contribution is -2.45. The first-order valence-electron chi connectivity index (χ1n) is 5.72. The molecule has 0 radical (unpaired) electrons. The number of nitrogens with one attached hydrogen (secondary N) is 2. The Kier molecular flexibility index (Phi) is 3.07. The summed E-state index contributed by atoms with van der Waals surface area (Å²) in [6.45, 7) is -0.366. The Morgan fingerprint density at radius 1 is 1.37 bits per heavy atom. The minimum Gasteiger partial charge on any atom is -0.394 e. The molecule has 4 unspecified atom stereocenters. The molecule has 0 aliphatic carbocycles. The first-order valence-corrected chi connectivity index (χ1v) is 6.12. The number of rotatable bonds is 2. The molecular weight excluding hydrogens is 272 g/mol. The SMILES string of the molecule is OCC1OC([n+]2c[nH]c3c(=S)nc[nH]c32)C(O)C1O. The molecule has 3 rings (SSSR count). The van der Waals surface area contributed by atoms with Gasteiger partial charge in [0.2, 0.25) is 11.7 Å². The largest absolute Gasteiger partial charge is 0.394 e. The third-order valence-corrected chi connectivity index (χ3v) is 3.54. The van der Waals surface area contributed by atoms with Gasteiger partial charge >= 0.3 is 0 Å². The summed E-state index contributed by atoms with van der Waals surface area (Å²) in [6, 6.07) is 0. The highest BCUT2D eigenvalue weighted by atomic mass is 32.1. The lowest BCUT2D eigenvalue weighted by Gasteiger charge is -2.12. The maximum Gasteiger partial charge on any atom is 0.272 e. The summed E-state index contributed by atoms with van der Waals surface area (Å²) in [6.07, 6.45) is -0.903. The molecule has 2 aromatic heterocycles. The van der Waals surface area contributed by atoms with Crippen LogP contribution >= 0.6 is 12.2 Å². The van der Waals surface area contributed by atoms with Crippen LogP contribution in [0.3, 0.4) is 0 Å². The maximum atomic E-state index is 9.98. The second kappa shape index (κ2) is 4.62. The molecule has 0 saturated carbocycles. The van der Waals surface area contributed by atoms with Gasteiger partial charge in [-0.3, -0.25) is 9.97 Å². The number of aromatic nitrogens is 4. The van der Waals surface area contributed by atoms with E-state index in [0.717, 1.165) is 0 Å². The standard InChI is InChI=1S/C10H12N4O4S/c15-1-4-6(16)7(17)10(18-4)14-3-13-5-8(14)11-2-12-9(5)19/h2-4,6-7,10,15-17H,1H2,(H,11,12,19)/p+1. The van der Waals surface area contributed by atoms with Crippen molar-refractivity contribution in [3.63, 3.8) is 0 Å². The molecule has 0 bridgehead atoms. The van der Waals surface area contributed by atoms with Crippen molar-refractivity contribution in [2.45, 2.75) is 24.5 Å². The minimum absolute atomic E-state index is 0.366. The van der Waals surface area contributed by atoms with Gasteiger partial charge in [-0.2, -0.15) is 0 Å². The summed E-state index contributed by atoms with van der Waals surface area (Å²) >= 11 is 5.07. The number of hydrogen-bond donors (Lipinski definition) is 5. The van der Waals surface area contributed by atoms with Crippen molar-refractivity contribution >= 4 is 23.4 Å². The number of hydrogen-bond acceptors (Lipinski definition) is 6. The average Bonchev–Trinajstić information content (AvgIpc) is 2.94. The second-order valence-electron chi connectivity index (χ2n) is 4.34. The highest BCUT2D eigenvalue weighted by Crippen LogP contribution is 2.26. The van der Waals surface area contributed by atoms with E-state index in [1.54, 1.807) is 10.9 Å². The van der Waals surface area contributed by atoms with Crippen LogP contribution in [0.25, 0.3) is 11.2 Å². The summed E-state index contributed by atoms with van der Waals surface area (Å²) in [4.78, 5) is 9.77. The highest BCUT2D eigenvalue weighted by Gasteiger charge is 2.45. The van der Waals surface area contributed by atoms with Crippen LogP contribution in [0, 0.1) is 4.64 Å². The van der Waals surface area contributed by atoms with E-state index in [1.165, 1.54) is 6.33 Å². The van der Waals surface area contributed by atoms with Gasteiger partial charge in [-0.25, -0.2) is 9.55 Å². The predicted octanol–water partition coefficient (Wildman–Crippen LogP) is -1.48. The molecule has 102 valence electrons. The van der Waals surface area contributed by atoms with E-state index in [1.807, 2.05) is 0 Å². The molecule has 1 fully saturated rings. The summed E-state index contributed by atoms with van der Waals surface area (Å²) in [5.41, 5.74) is 1.20. The van der Waals surface area contributed by atoms with E-state index in [2.05, 4.69) is 15.0 Å². The lowest BCUT2D eigenvalue weighted by atomic mass is 10.1. The van der Waals surface area contributed by atoms with Crippen molar-refractivity contribution in [3.8, 4) is 0 Å². The third kappa shape index (κ3) is 1.86. The van der Waals surface area contributed by atoms with Crippen LogP contribution < -0.4 is 4.57 Å². The maximum absolute atomic E-state index is 9.98. The monoisotopic (exact) mass is 285 g/mol. The van der Waals surface area contributed by atoms with Gasteiger partial charge in [0.25, 0.3) is 5.65 Å². The second-order valence-corrected chi connectivity index (χ2v) is 4.73. The number of ether oxygens (including phenoxy) is 1. The van der Waals surface area contributed by atoms with Gasteiger partial charge in [0.1, 0.15) is 18.3 Å². The van der Waals surface area contributed by atoms with E-state index in [0.29, 0.717) is 15.8 Å². The number of imidazole rings is 1. The number of aromatic amines is 2. The van der Waals surface area contributed by atoms with Crippen LogP contribution in [0.15, 0.2) is 12.7 Å². The average molecular weight is 285 g/mol. The van der Waals surface area contributed by atoms with E-state index in [9.17, 15) is 10.2 Å². The lowest BCUT2D eigenvalue weighted by molar-refractivity contribution is -0.745. The zero-order valence-electron chi connectivity index (χ0n) is 9.72. The smallest absolute Gasteiger partial charge is 0.272 e. The Hall–Kier alpha value is -1.39. The zero-order valence-corrected chi connectivity index (χ0v) is 10.5. The van der Waals surface area contributed by atoms with Gasteiger partial charge in [0, 0.05) is 0 Å². The van der Waals surface area contributed by atoms with Crippen LogP contribution in [0.5, 0.6) is 0 Å². The fourth-order valence-electron chi connectivity index (χ4n) is 2.23. The first-order chi connectivity index (χ1) is 9.13. The summed E-state index contributed by atoms with van der Waals surface area (Å²) in [5, 5.41) is 28.8. The summed E-state index contributed by atoms with van der Waals surface area (Å²) in [7, 11) is 0. The molecule has 2 aromatic rings. The quantitative estimate of drug-likeness (QED) is 0.339. The topological polar surface area (TPSA) is 118 Å². The van der Waals surface area contributed by atoms with Crippen LogP contribution in [-0.4, -0.2) is 55.2 Å². The van der Waals surface area contributed by atoms with E-state index < -0.39 is 24.5 Å². The molecule has 1 aliphatic heterocycles. The van der Waals surface area contributed by atoms with Crippen molar-refractivity contribution in [1.82, 2.24) is 15.0 Å². The van der Waals surface area contributed by atoms with Crippen LogP contribution in [0.1, 0.15) is 6.23 Å². The van der Waals surface area contributed by atoms with Crippen LogP contribution in [0.4, 0.5) is 0 Å². The van der Waals surface area contributed by atoms with Crippen molar-refractivity contribution in [1.29, 1.82) is 0 Å². The van der Waals surface area contributed by atoms with Crippen molar-refractivity contribution in [2.75, 3.05) is 6.61 Å². The van der Waals surface area contributed by atoms with E-state index in [4.69, 9.17) is 22.1 Å². The molecular formula is C10H13N4O4S+. The Bertz CT molecular complexity index is 656. The van der Waals surface area contributed by atoms with Gasteiger partial charge in [0.15, 0.2) is 17.3 Å². The molecule has 0 aromatic carbocycles. The fraction of sp³-hybridized carbons (Fsp3) is 0.500. The molecule has 0 amide bonds. The first kappa shape index (κ1) is 12.6. The van der Waals surface area contributed by atoms with Crippen LogP contribution in [-0.2, 0) is 4.74 Å². The predicted molar refractivity (Wildman–Crippen MR) is 64.5 cm³/mol. The number of aliphatic hydroxyl groups is 3.